The maximum Gasteiger partial charge on any atom is 0.303 e. The molecular weight excluding hydrogens is 542 g/mol. The first kappa shape index (κ1) is 30.7. The van der Waals surface area contributed by atoms with Gasteiger partial charge in [0.05, 0.1) is 17.8 Å². The highest BCUT2D eigenvalue weighted by Gasteiger charge is 2.86. The summed E-state index contributed by atoms with van der Waals surface area (Å²) in [7, 11) is 0. The molecule has 0 aromatic carbocycles. The van der Waals surface area contributed by atoms with Crippen molar-refractivity contribution in [2.75, 3.05) is 0 Å². The summed E-state index contributed by atoms with van der Waals surface area (Å²) in [6.45, 7) is 16.8. The highest BCUT2D eigenvalue weighted by Crippen LogP contribution is 2.90. The molecule has 8 heteroatoms. The Morgan fingerprint density at radius 2 is 1.52 bits per heavy atom. The van der Waals surface area contributed by atoms with E-state index >= 15 is 8.78 Å². The van der Waals surface area contributed by atoms with Crippen molar-refractivity contribution < 1.29 is 37.7 Å². The maximum absolute atomic E-state index is 15.3. The van der Waals surface area contributed by atoms with E-state index in [2.05, 4.69) is 20.8 Å². The van der Waals surface area contributed by atoms with Crippen LogP contribution in [0.15, 0.2) is 0 Å². The number of esters is 2. The molecule has 0 radical (unpaired) electrons. The molecule has 6 nitrogen and oxygen atoms in total. The van der Waals surface area contributed by atoms with Gasteiger partial charge in [-0.15, -0.1) is 0 Å². The van der Waals surface area contributed by atoms with Crippen molar-refractivity contribution in [2.24, 2.45) is 44.8 Å². The van der Waals surface area contributed by atoms with Crippen molar-refractivity contribution in [2.45, 2.75) is 156 Å². The van der Waals surface area contributed by atoms with Crippen LogP contribution in [0.5, 0.6) is 0 Å². The molecule has 6 rings (SSSR count). The van der Waals surface area contributed by atoms with Crippen molar-refractivity contribution in [3.63, 3.8) is 0 Å². The van der Waals surface area contributed by atoms with Gasteiger partial charge in [-0.2, -0.15) is 0 Å². The van der Waals surface area contributed by atoms with Crippen LogP contribution >= 0.6 is 0 Å². The van der Waals surface area contributed by atoms with E-state index < -0.39 is 34.6 Å². The molecule has 1 N–H and O–H groups in total. The first-order valence-electron chi connectivity index (χ1n) is 16.2. The van der Waals surface area contributed by atoms with Crippen LogP contribution < -0.4 is 0 Å². The Hall–Kier alpha value is -1.28. The molecule has 0 aromatic rings. The van der Waals surface area contributed by atoms with Crippen molar-refractivity contribution in [1.29, 1.82) is 0 Å². The first-order valence-corrected chi connectivity index (χ1v) is 16.2. The number of alkyl halides is 2. The second kappa shape index (κ2) is 8.70. The third-order valence-electron chi connectivity index (χ3n) is 14.5. The molecule has 11 atom stereocenters. The van der Waals surface area contributed by atoms with Crippen LogP contribution in [0.3, 0.4) is 0 Å². The summed E-state index contributed by atoms with van der Waals surface area (Å²) < 4.78 is 49.4. The highest BCUT2D eigenvalue weighted by molar-refractivity contribution is 5.66. The minimum absolute atomic E-state index is 0.0636. The SMILES string of the molecule is CC(=O)O[C@H]1C[C@@]2(C)[C@@H]3C[C@H](O)[C@H]4C(C)(C)C(F)(F)CC[C@@]45C[C@@]35CC[C@]2(C)[C@H]1[C@@]1(C)CC[C@@H](C(C)(C)OC(C)=O)O1. The monoisotopic (exact) mass is 594 g/mol. The summed E-state index contributed by atoms with van der Waals surface area (Å²) in [6, 6.07) is 0. The second-order valence-corrected chi connectivity index (χ2v) is 17.1. The van der Waals surface area contributed by atoms with Crippen LogP contribution in [-0.4, -0.2) is 52.5 Å². The molecule has 1 aliphatic heterocycles. The summed E-state index contributed by atoms with van der Waals surface area (Å²) in [4.78, 5) is 24.4. The maximum atomic E-state index is 15.3. The van der Waals surface area contributed by atoms with Crippen LogP contribution in [0.25, 0.3) is 0 Å². The average Bonchev–Trinajstić information content (AvgIpc) is 3.18. The molecule has 5 saturated carbocycles. The number of ether oxygens (including phenoxy) is 3. The molecule has 0 amide bonds. The third-order valence-corrected chi connectivity index (χ3v) is 14.5. The van der Waals surface area contributed by atoms with Crippen LogP contribution in [0, 0.1) is 44.8 Å². The lowest BCUT2D eigenvalue weighted by atomic mass is 9.41. The third kappa shape index (κ3) is 3.66. The van der Waals surface area contributed by atoms with E-state index in [9.17, 15) is 14.7 Å². The molecule has 1 saturated heterocycles. The predicted octanol–water partition coefficient (Wildman–Crippen LogP) is 6.85. The second-order valence-electron chi connectivity index (χ2n) is 17.1. The number of aliphatic hydroxyl groups excluding tert-OH is 1. The highest BCUT2D eigenvalue weighted by atomic mass is 19.3. The van der Waals surface area contributed by atoms with Gasteiger partial charge < -0.3 is 19.3 Å². The van der Waals surface area contributed by atoms with Gasteiger partial charge in [-0.1, -0.05) is 27.7 Å². The Morgan fingerprint density at radius 3 is 2.14 bits per heavy atom. The molecule has 42 heavy (non-hydrogen) atoms. The quantitative estimate of drug-likeness (QED) is 0.359. The Bertz CT molecular complexity index is 1180. The number of fused-ring (bicyclic) bond motifs is 2. The summed E-state index contributed by atoms with van der Waals surface area (Å²) in [5, 5.41) is 11.8. The van der Waals surface area contributed by atoms with Gasteiger partial charge in [0.1, 0.15) is 11.7 Å². The van der Waals surface area contributed by atoms with Gasteiger partial charge in [-0.05, 0) is 99.7 Å². The molecule has 238 valence electrons. The van der Waals surface area contributed by atoms with Gasteiger partial charge in [0.2, 0.25) is 0 Å². The minimum atomic E-state index is -2.79. The number of aliphatic hydroxyl groups is 1. The summed E-state index contributed by atoms with van der Waals surface area (Å²) >= 11 is 0. The van der Waals surface area contributed by atoms with Crippen molar-refractivity contribution in [3.8, 4) is 0 Å². The van der Waals surface area contributed by atoms with Crippen LogP contribution in [0.2, 0.25) is 0 Å². The van der Waals surface area contributed by atoms with Gasteiger partial charge in [0.25, 0.3) is 5.92 Å². The van der Waals surface area contributed by atoms with Crippen molar-refractivity contribution >= 4 is 11.9 Å². The van der Waals surface area contributed by atoms with E-state index in [1.165, 1.54) is 13.8 Å². The topological polar surface area (TPSA) is 82.1 Å². The average molecular weight is 595 g/mol. The van der Waals surface area contributed by atoms with E-state index in [0.717, 1.165) is 32.1 Å². The Morgan fingerprint density at radius 1 is 0.881 bits per heavy atom. The van der Waals surface area contributed by atoms with E-state index in [1.807, 2.05) is 13.8 Å². The Kier molecular flexibility index (Phi) is 6.37. The number of halogens is 2. The number of hydrogen-bond donors (Lipinski definition) is 1. The van der Waals surface area contributed by atoms with E-state index in [-0.39, 0.29) is 64.1 Å². The van der Waals surface area contributed by atoms with E-state index in [4.69, 9.17) is 14.2 Å². The molecular formula is C34H52F2O6. The fourth-order valence-electron chi connectivity index (χ4n) is 12.8. The van der Waals surface area contributed by atoms with Crippen LogP contribution in [0.1, 0.15) is 120 Å². The van der Waals surface area contributed by atoms with Gasteiger partial charge >= 0.3 is 11.9 Å². The molecule has 6 aliphatic rings. The van der Waals surface area contributed by atoms with Crippen LogP contribution in [0.4, 0.5) is 8.78 Å². The zero-order chi connectivity index (χ0) is 31.1. The molecule has 6 fully saturated rings. The Balaban J connectivity index is 1.37. The Labute approximate surface area is 250 Å². The predicted molar refractivity (Wildman–Crippen MR) is 153 cm³/mol. The summed E-state index contributed by atoms with van der Waals surface area (Å²) in [5.41, 5.74) is -3.51. The van der Waals surface area contributed by atoms with E-state index in [0.29, 0.717) is 19.3 Å². The normalized spacial score (nSPS) is 51.9. The number of carbonyl (C=O) groups is 2. The smallest absolute Gasteiger partial charge is 0.303 e. The molecule has 1 heterocycles. The molecule has 0 unspecified atom stereocenters. The minimum Gasteiger partial charge on any atom is -0.462 e. The van der Waals surface area contributed by atoms with Crippen LogP contribution in [-0.2, 0) is 23.8 Å². The lowest BCUT2D eigenvalue weighted by molar-refractivity contribution is -0.247. The van der Waals surface area contributed by atoms with E-state index in [1.54, 1.807) is 13.8 Å². The number of hydrogen-bond acceptors (Lipinski definition) is 6. The zero-order valence-corrected chi connectivity index (χ0v) is 27.1. The number of rotatable bonds is 4. The zero-order valence-electron chi connectivity index (χ0n) is 27.1. The molecule has 5 aliphatic carbocycles. The fraction of sp³-hybridized carbons (Fsp3) is 0.941. The van der Waals surface area contributed by atoms with Gasteiger partial charge in [-0.3, -0.25) is 9.59 Å². The fourth-order valence-corrected chi connectivity index (χ4v) is 12.8. The van der Waals surface area contributed by atoms with Crippen molar-refractivity contribution in [1.82, 2.24) is 0 Å². The number of carbonyl (C=O) groups excluding carboxylic acids is 2. The molecule has 0 bridgehead atoms. The van der Waals surface area contributed by atoms with Gasteiger partial charge in [0, 0.05) is 37.5 Å². The largest absolute Gasteiger partial charge is 0.462 e. The molecule has 2 spiro atoms. The molecule has 0 aromatic heterocycles. The first-order chi connectivity index (χ1) is 19.1. The standard InChI is InChI=1S/C34H52F2O6/c1-19(37)40-22-17-30(8)23-16-21(39)25-27(3,4)34(35,36)15-14-33(25)18-32(23,33)13-12-29(30,7)26(22)31(9)11-10-24(42-31)28(5,6)41-20(2)38/h21-26,39H,10-18H2,1-9H3/t21-,22-,23-,24-,25-,26-,29+,30-,31+,32-,33+/m0/s1. The summed E-state index contributed by atoms with van der Waals surface area (Å²) in [6.07, 6.45) is 4.34. The van der Waals surface area contributed by atoms with Gasteiger partial charge in [-0.25, -0.2) is 8.78 Å². The van der Waals surface area contributed by atoms with Gasteiger partial charge in [0.15, 0.2) is 0 Å². The van der Waals surface area contributed by atoms with Crippen molar-refractivity contribution in [3.05, 3.63) is 0 Å². The lowest BCUT2D eigenvalue weighted by Gasteiger charge is -2.64. The summed E-state index contributed by atoms with van der Waals surface area (Å²) in [5.74, 6) is -3.81. The lowest BCUT2D eigenvalue weighted by Crippen LogP contribution is -2.63.